The molecule has 1 aromatic rings. The third-order valence-corrected chi connectivity index (χ3v) is 4.49. The first kappa shape index (κ1) is 14.8. The predicted octanol–water partition coefficient (Wildman–Crippen LogP) is 3.61. The molecule has 0 amide bonds. The van der Waals surface area contributed by atoms with Crippen molar-refractivity contribution < 1.29 is 13.9 Å². The molecule has 1 saturated carbocycles. The standard InChI is InChI=1S/C16H22FNO2/c1-11-8-9-16(10-12(11)2,15(19)20-3)18-14-7-5-4-6-13(14)17/h4-7,11-12,18H,8-10H2,1-3H3. The number of ether oxygens (including phenoxy) is 1. The van der Waals surface area contributed by atoms with Crippen LogP contribution in [0.2, 0.25) is 0 Å². The number of para-hydroxylation sites is 1. The summed E-state index contributed by atoms with van der Waals surface area (Å²) in [5.41, 5.74) is -0.456. The van der Waals surface area contributed by atoms with Crippen LogP contribution in [0.4, 0.5) is 10.1 Å². The highest BCUT2D eigenvalue weighted by Gasteiger charge is 2.45. The molecule has 0 saturated heterocycles. The van der Waals surface area contributed by atoms with Gasteiger partial charge in [0.1, 0.15) is 11.4 Å². The molecule has 1 fully saturated rings. The van der Waals surface area contributed by atoms with E-state index in [-0.39, 0.29) is 11.8 Å². The van der Waals surface area contributed by atoms with E-state index in [9.17, 15) is 9.18 Å². The molecule has 3 unspecified atom stereocenters. The maximum absolute atomic E-state index is 13.8. The minimum absolute atomic E-state index is 0.306. The average molecular weight is 279 g/mol. The lowest BCUT2D eigenvalue weighted by molar-refractivity contribution is -0.148. The van der Waals surface area contributed by atoms with Crippen LogP contribution in [0.1, 0.15) is 33.1 Å². The Morgan fingerprint density at radius 2 is 2.05 bits per heavy atom. The summed E-state index contributed by atoms with van der Waals surface area (Å²) in [7, 11) is 1.38. The normalized spacial score (nSPS) is 29.8. The van der Waals surface area contributed by atoms with Crippen molar-refractivity contribution in [2.24, 2.45) is 11.8 Å². The third kappa shape index (κ3) is 2.79. The number of carbonyl (C=O) groups excluding carboxylic acids is 1. The lowest BCUT2D eigenvalue weighted by atomic mass is 9.71. The number of carbonyl (C=O) groups is 1. The van der Waals surface area contributed by atoms with Crippen LogP contribution in [0.15, 0.2) is 24.3 Å². The van der Waals surface area contributed by atoms with E-state index in [0.29, 0.717) is 30.4 Å². The molecule has 3 nitrogen and oxygen atoms in total. The zero-order valence-electron chi connectivity index (χ0n) is 12.3. The van der Waals surface area contributed by atoms with E-state index in [4.69, 9.17) is 4.74 Å². The lowest BCUT2D eigenvalue weighted by Gasteiger charge is -2.41. The van der Waals surface area contributed by atoms with Gasteiger partial charge >= 0.3 is 5.97 Å². The molecule has 110 valence electrons. The highest BCUT2D eigenvalue weighted by molar-refractivity contribution is 5.84. The molecule has 0 spiro atoms. The number of methoxy groups -OCH3 is 1. The summed E-state index contributed by atoms with van der Waals surface area (Å²) in [5, 5.41) is 3.11. The van der Waals surface area contributed by atoms with E-state index < -0.39 is 5.54 Å². The van der Waals surface area contributed by atoms with Crippen LogP contribution < -0.4 is 5.32 Å². The molecular formula is C16H22FNO2. The number of esters is 1. The Morgan fingerprint density at radius 3 is 2.65 bits per heavy atom. The molecule has 2 rings (SSSR count). The molecule has 4 heteroatoms. The summed E-state index contributed by atoms with van der Waals surface area (Å²) >= 11 is 0. The molecule has 3 atom stereocenters. The maximum atomic E-state index is 13.8. The smallest absolute Gasteiger partial charge is 0.331 e. The van der Waals surface area contributed by atoms with E-state index in [1.807, 2.05) is 0 Å². The van der Waals surface area contributed by atoms with Gasteiger partial charge in [-0.15, -0.1) is 0 Å². The molecule has 1 aliphatic carbocycles. The van der Waals surface area contributed by atoms with E-state index >= 15 is 0 Å². The fraction of sp³-hybridized carbons (Fsp3) is 0.562. The van der Waals surface area contributed by atoms with Crippen LogP contribution in [0, 0.1) is 17.7 Å². The third-order valence-electron chi connectivity index (χ3n) is 4.49. The van der Waals surface area contributed by atoms with E-state index in [1.54, 1.807) is 18.2 Å². The summed E-state index contributed by atoms with van der Waals surface area (Å²) in [4.78, 5) is 12.2. The molecule has 1 N–H and O–H groups in total. The zero-order chi connectivity index (χ0) is 14.8. The number of hydrogen-bond acceptors (Lipinski definition) is 3. The zero-order valence-corrected chi connectivity index (χ0v) is 12.3. The van der Waals surface area contributed by atoms with Crippen molar-refractivity contribution in [3.63, 3.8) is 0 Å². The van der Waals surface area contributed by atoms with Gasteiger partial charge in [-0.3, -0.25) is 0 Å². The summed E-state index contributed by atoms with van der Waals surface area (Å²) < 4.78 is 18.8. The van der Waals surface area contributed by atoms with Crippen molar-refractivity contribution in [1.29, 1.82) is 0 Å². The number of nitrogens with one attached hydrogen (secondary N) is 1. The van der Waals surface area contributed by atoms with Crippen molar-refractivity contribution in [3.8, 4) is 0 Å². The molecule has 0 aliphatic heterocycles. The second-order valence-corrected chi connectivity index (χ2v) is 5.88. The summed E-state index contributed by atoms with van der Waals surface area (Å²) in [6.07, 6.45) is 2.26. The van der Waals surface area contributed by atoms with Crippen molar-refractivity contribution in [2.75, 3.05) is 12.4 Å². The fourth-order valence-corrected chi connectivity index (χ4v) is 2.98. The first-order chi connectivity index (χ1) is 9.48. The second-order valence-electron chi connectivity index (χ2n) is 5.88. The minimum Gasteiger partial charge on any atom is -0.467 e. The molecule has 0 bridgehead atoms. The highest BCUT2D eigenvalue weighted by Crippen LogP contribution is 2.39. The first-order valence-corrected chi connectivity index (χ1v) is 7.09. The average Bonchev–Trinajstić information content (AvgIpc) is 2.44. The largest absolute Gasteiger partial charge is 0.467 e. The Hall–Kier alpha value is -1.58. The number of halogens is 1. The van der Waals surface area contributed by atoms with Crippen LogP contribution in [0.3, 0.4) is 0 Å². The van der Waals surface area contributed by atoms with Crippen molar-refractivity contribution in [3.05, 3.63) is 30.1 Å². The van der Waals surface area contributed by atoms with Gasteiger partial charge < -0.3 is 10.1 Å². The van der Waals surface area contributed by atoms with E-state index in [2.05, 4.69) is 19.2 Å². The molecule has 0 radical (unpaired) electrons. The van der Waals surface area contributed by atoms with Gasteiger partial charge in [-0.2, -0.15) is 0 Å². The fourth-order valence-electron chi connectivity index (χ4n) is 2.98. The minimum atomic E-state index is -0.817. The van der Waals surface area contributed by atoms with Crippen molar-refractivity contribution >= 4 is 11.7 Å². The summed E-state index contributed by atoms with van der Waals surface area (Å²) in [5.74, 6) is 0.305. The van der Waals surface area contributed by atoms with Gasteiger partial charge in [0.2, 0.25) is 0 Å². The quantitative estimate of drug-likeness (QED) is 0.859. The van der Waals surface area contributed by atoms with Gasteiger partial charge in [0.15, 0.2) is 0 Å². The van der Waals surface area contributed by atoms with Gasteiger partial charge in [-0.25, -0.2) is 9.18 Å². The Morgan fingerprint density at radius 1 is 1.35 bits per heavy atom. The summed E-state index contributed by atoms with van der Waals surface area (Å²) in [6.45, 7) is 4.32. The monoisotopic (exact) mass is 279 g/mol. The van der Waals surface area contributed by atoms with Crippen LogP contribution in [-0.2, 0) is 9.53 Å². The number of anilines is 1. The van der Waals surface area contributed by atoms with E-state index in [1.165, 1.54) is 13.2 Å². The van der Waals surface area contributed by atoms with Gasteiger partial charge in [0, 0.05) is 0 Å². The molecular weight excluding hydrogens is 257 g/mol. The molecule has 0 heterocycles. The molecule has 1 aromatic carbocycles. The number of benzene rings is 1. The van der Waals surface area contributed by atoms with Crippen LogP contribution in [0.5, 0.6) is 0 Å². The molecule has 0 aromatic heterocycles. The maximum Gasteiger partial charge on any atom is 0.331 e. The second kappa shape index (κ2) is 5.81. The predicted molar refractivity (Wildman–Crippen MR) is 76.9 cm³/mol. The van der Waals surface area contributed by atoms with Gasteiger partial charge in [-0.05, 0) is 43.2 Å². The Balaban J connectivity index is 2.29. The summed E-state index contributed by atoms with van der Waals surface area (Å²) in [6, 6.07) is 6.44. The van der Waals surface area contributed by atoms with Crippen molar-refractivity contribution in [1.82, 2.24) is 0 Å². The topological polar surface area (TPSA) is 38.3 Å². The molecule has 1 aliphatic rings. The first-order valence-electron chi connectivity index (χ1n) is 7.09. The van der Waals surface area contributed by atoms with Crippen molar-refractivity contribution in [2.45, 2.75) is 38.6 Å². The van der Waals surface area contributed by atoms with E-state index in [0.717, 1.165) is 6.42 Å². The number of rotatable bonds is 3. The number of hydrogen-bond donors (Lipinski definition) is 1. The van der Waals surface area contributed by atoms with Gasteiger partial charge in [-0.1, -0.05) is 26.0 Å². The Bertz CT molecular complexity index is 491. The van der Waals surface area contributed by atoms with Crippen LogP contribution >= 0.6 is 0 Å². The van der Waals surface area contributed by atoms with Crippen LogP contribution in [-0.4, -0.2) is 18.6 Å². The van der Waals surface area contributed by atoms with Crippen LogP contribution in [0.25, 0.3) is 0 Å². The van der Waals surface area contributed by atoms with Gasteiger partial charge in [0.05, 0.1) is 12.8 Å². The highest BCUT2D eigenvalue weighted by atomic mass is 19.1. The molecule has 20 heavy (non-hydrogen) atoms. The lowest BCUT2D eigenvalue weighted by Crippen LogP contribution is -2.51. The van der Waals surface area contributed by atoms with Gasteiger partial charge in [0.25, 0.3) is 0 Å². The Kier molecular flexibility index (Phi) is 4.31. The SMILES string of the molecule is COC(=O)C1(Nc2ccccc2F)CCC(C)C(C)C1. The Labute approximate surface area is 119 Å².